The van der Waals surface area contributed by atoms with E-state index in [0.717, 1.165) is 41.4 Å². The highest BCUT2D eigenvalue weighted by molar-refractivity contribution is 8.00. The van der Waals surface area contributed by atoms with E-state index in [2.05, 4.69) is 21.4 Å². The molecule has 1 N–H and O–H groups in total. The second-order valence-electron chi connectivity index (χ2n) is 6.17. The van der Waals surface area contributed by atoms with E-state index in [1.807, 2.05) is 36.4 Å². The largest absolute Gasteiger partial charge is 0.324 e. The van der Waals surface area contributed by atoms with Gasteiger partial charge in [-0.3, -0.25) is 9.78 Å². The molecule has 128 valence electrons. The number of hydrogen-bond donors (Lipinski definition) is 1. The van der Waals surface area contributed by atoms with E-state index in [-0.39, 0.29) is 11.7 Å². The number of para-hydroxylation sites is 1. The van der Waals surface area contributed by atoms with Gasteiger partial charge < -0.3 is 5.32 Å². The fourth-order valence-electron chi connectivity index (χ4n) is 3.11. The van der Waals surface area contributed by atoms with E-state index in [0.29, 0.717) is 16.3 Å². The first kappa shape index (κ1) is 16.6. The van der Waals surface area contributed by atoms with Gasteiger partial charge in [0.1, 0.15) is 11.1 Å². The summed E-state index contributed by atoms with van der Waals surface area (Å²) in [6.45, 7) is 0. The summed E-state index contributed by atoms with van der Waals surface area (Å²) in [6, 6.07) is 13.8. The highest BCUT2D eigenvalue weighted by Crippen LogP contribution is 2.28. The number of nitrogens with one attached hydrogen (secondary N) is 1. The minimum Gasteiger partial charge on any atom is -0.324 e. The Kier molecular flexibility index (Phi) is 4.55. The molecule has 2 heterocycles. The maximum Gasteiger partial charge on any atom is 0.234 e. The minimum absolute atomic E-state index is 0.140. The molecule has 5 nitrogen and oxygen atoms in total. The monoisotopic (exact) mass is 360 g/mol. The second-order valence-corrected chi connectivity index (χ2v) is 7.13. The molecule has 1 amide bonds. The van der Waals surface area contributed by atoms with Gasteiger partial charge in [-0.15, -0.1) is 0 Å². The molecular formula is C20H16N4OS. The maximum absolute atomic E-state index is 12.3. The number of carbonyl (C=O) groups excluding carboxylic acids is 1. The van der Waals surface area contributed by atoms with Gasteiger partial charge in [0.25, 0.3) is 0 Å². The fourth-order valence-corrected chi connectivity index (χ4v) is 3.89. The molecule has 0 radical (unpaired) electrons. The molecule has 0 spiro atoms. The van der Waals surface area contributed by atoms with Crippen molar-refractivity contribution in [1.82, 2.24) is 9.97 Å². The zero-order chi connectivity index (χ0) is 17.9. The molecule has 1 aromatic carbocycles. The average Bonchev–Trinajstić information content (AvgIpc) is 3.12. The molecule has 0 unspecified atom stereocenters. The number of rotatable bonds is 4. The number of carbonyl (C=O) groups is 1. The highest BCUT2D eigenvalue weighted by Gasteiger charge is 2.17. The van der Waals surface area contributed by atoms with Crippen LogP contribution in [0.5, 0.6) is 0 Å². The molecule has 0 aliphatic heterocycles. The first-order valence-corrected chi connectivity index (χ1v) is 9.42. The topological polar surface area (TPSA) is 78.7 Å². The van der Waals surface area contributed by atoms with Crippen LogP contribution in [0.1, 0.15) is 23.2 Å². The van der Waals surface area contributed by atoms with Gasteiger partial charge in [0.2, 0.25) is 5.91 Å². The van der Waals surface area contributed by atoms with Crippen LogP contribution in [0.2, 0.25) is 0 Å². The molecule has 4 rings (SSSR count). The Balaban J connectivity index is 1.44. The van der Waals surface area contributed by atoms with Gasteiger partial charge in [-0.1, -0.05) is 30.0 Å². The van der Waals surface area contributed by atoms with Crippen molar-refractivity contribution in [3.63, 3.8) is 0 Å². The Morgan fingerprint density at radius 2 is 2.15 bits per heavy atom. The lowest BCUT2D eigenvalue weighted by Gasteiger charge is -2.08. The zero-order valence-corrected chi connectivity index (χ0v) is 14.8. The number of nitriles is 1. The normalized spacial score (nSPS) is 12.6. The number of nitrogens with zero attached hydrogens (tertiary/aromatic N) is 3. The average molecular weight is 360 g/mol. The highest BCUT2D eigenvalue weighted by atomic mass is 32.2. The van der Waals surface area contributed by atoms with Crippen molar-refractivity contribution in [2.24, 2.45) is 0 Å². The number of hydrogen-bond acceptors (Lipinski definition) is 5. The third-order valence-electron chi connectivity index (χ3n) is 4.35. The number of benzene rings is 1. The standard InChI is InChI=1S/C20H16N4OS/c21-10-15-8-13-5-3-7-18(13)24-20(15)26-12-19(25)23-16-9-14-4-1-2-6-17(14)22-11-16/h1-2,4,6,8-9,11H,3,5,7,12H2,(H,23,25). The van der Waals surface area contributed by atoms with Crippen LogP contribution in [0.3, 0.4) is 0 Å². The minimum atomic E-state index is -0.140. The van der Waals surface area contributed by atoms with Crippen LogP contribution in [-0.2, 0) is 17.6 Å². The van der Waals surface area contributed by atoms with Crippen molar-refractivity contribution in [1.29, 1.82) is 5.26 Å². The van der Waals surface area contributed by atoms with Crippen molar-refractivity contribution in [2.75, 3.05) is 11.1 Å². The number of fused-ring (bicyclic) bond motifs is 2. The molecule has 0 fully saturated rings. The van der Waals surface area contributed by atoms with E-state index in [9.17, 15) is 10.1 Å². The molecule has 0 saturated carbocycles. The fraction of sp³-hybridized carbons (Fsp3) is 0.200. The molecule has 0 bridgehead atoms. The predicted molar refractivity (Wildman–Crippen MR) is 102 cm³/mol. The lowest BCUT2D eigenvalue weighted by atomic mass is 10.2. The third kappa shape index (κ3) is 3.39. The summed E-state index contributed by atoms with van der Waals surface area (Å²) in [5, 5.41) is 13.8. The Labute approximate surface area is 155 Å². The molecule has 2 aromatic heterocycles. The molecule has 1 aliphatic rings. The van der Waals surface area contributed by atoms with Gasteiger partial charge in [0.15, 0.2) is 0 Å². The Bertz CT molecular complexity index is 1040. The Morgan fingerprint density at radius 3 is 3.04 bits per heavy atom. The number of aromatic nitrogens is 2. The molecule has 26 heavy (non-hydrogen) atoms. The van der Waals surface area contributed by atoms with Crippen LogP contribution in [0.25, 0.3) is 10.9 Å². The smallest absolute Gasteiger partial charge is 0.234 e. The van der Waals surface area contributed by atoms with Gasteiger partial charge in [-0.05, 0) is 43.0 Å². The van der Waals surface area contributed by atoms with Crippen molar-refractivity contribution >= 4 is 34.3 Å². The number of anilines is 1. The summed E-state index contributed by atoms with van der Waals surface area (Å²) in [6.07, 6.45) is 4.66. The number of amides is 1. The SMILES string of the molecule is N#Cc1cc2c(nc1SCC(=O)Nc1cnc3ccccc3c1)CCC2. The van der Waals surface area contributed by atoms with Crippen molar-refractivity contribution in [3.05, 3.63) is 59.4 Å². The quantitative estimate of drug-likeness (QED) is 0.717. The van der Waals surface area contributed by atoms with Gasteiger partial charge >= 0.3 is 0 Å². The van der Waals surface area contributed by atoms with Gasteiger partial charge in [-0.2, -0.15) is 5.26 Å². The molecule has 3 aromatic rings. The van der Waals surface area contributed by atoms with Crippen LogP contribution in [0.15, 0.2) is 47.6 Å². The van der Waals surface area contributed by atoms with Gasteiger partial charge in [0.05, 0.1) is 28.7 Å². The lowest BCUT2D eigenvalue weighted by molar-refractivity contribution is -0.113. The molecule has 0 saturated heterocycles. The molecule has 1 aliphatic carbocycles. The van der Waals surface area contributed by atoms with Crippen LogP contribution < -0.4 is 5.32 Å². The lowest BCUT2D eigenvalue weighted by Crippen LogP contribution is -2.14. The van der Waals surface area contributed by atoms with E-state index in [4.69, 9.17) is 0 Å². The summed E-state index contributed by atoms with van der Waals surface area (Å²) in [5.41, 5.74) is 4.33. The van der Waals surface area contributed by atoms with Crippen LogP contribution in [0, 0.1) is 11.3 Å². The number of aryl methyl sites for hydroxylation is 2. The molecular weight excluding hydrogens is 344 g/mol. The van der Waals surface area contributed by atoms with Crippen LogP contribution in [-0.4, -0.2) is 21.6 Å². The van der Waals surface area contributed by atoms with Gasteiger partial charge in [-0.25, -0.2) is 4.98 Å². The third-order valence-corrected chi connectivity index (χ3v) is 5.34. The van der Waals surface area contributed by atoms with Crippen molar-refractivity contribution < 1.29 is 4.79 Å². The zero-order valence-electron chi connectivity index (χ0n) is 14.0. The van der Waals surface area contributed by atoms with Crippen molar-refractivity contribution in [2.45, 2.75) is 24.3 Å². The van der Waals surface area contributed by atoms with Gasteiger partial charge in [0, 0.05) is 11.1 Å². The first-order valence-electron chi connectivity index (χ1n) is 8.43. The summed E-state index contributed by atoms with van der Waals surface area (Å²) >= 11 is 1.30. The number of pyridine rings is 2. The summed E-state index contributed by atoms with van der Waals surface area (Å²) < 4.78 is 0. The van der Waals surface area contributed by atoms with E-state index < -0.39 is 0 Å². The van der Waals surface area contributed by atoms with Crippen molar-refractivity contribution in [3.8, 4) is 6.07 Å². The molecule has 0 atom stereocenters. The van der Waals surface area contributed by atoms with E-state index in [1.54, 1.807) is 6.20 Å². The van der Waals surface area contributed by atoms with E-state index >= 15 is 0 Å². The maximum atomic E-state index is 12.3. The van der Waals surface area contributed by atoms with Crippen LogP contribution in [0.4, 0.5) is 5.69 Å². The number of thioether (sulfide) groups is 1. The Hall–Kier alpha value is -2.91. The molecule has 6 heteroatoms. The van der Waals surface area contributed by atoms with E-state index in [1.165, 1.54) is 11.8 Å². The summed E-state index contributed by atoms with van der Waals surface area (Å²) in [4.78, 5) is 21.2. The Morgan fingerprint density at radius 1 is 1.27 bits per heavy atom. The summed E-state index contributed by atoms with van der Waals surface area (Å²) in [5.74, 6) is 0.0612. The second kappa shape index (κ2) is 7.14. The van der Waals surface area contributed by atoms with Crippen LogP contribution >= 0.6 is 11.8 Å². The first-order chi connectivity index (χ1) is 12.7. The predicted octanol–water partition coefficient (Wildman–Crippen LogP) is 3.72. The summed E-state index contributed by atoms with van der Waals surface area (Å²) in [7, 11) is 0.